The van der Waals surface area contributed by atoms with Gasteiger partial charge in [-0.15, -0.1) is 0 Å². The Labute approximate surface area is 88.3 Å². The summed E-state index contributed by atoms with van der Waals surface area (Å²) in [6.45, 7) is 0. The lowest BCUT2D eigenvalue weighted by Gasteiger charge is -2.02. The minimum Gasteiger partial charge on any atom is -0.227 e. The van der Waals surface area contributed by atoms with Gasteiger partial charge in [-0.3, -0.25) is 0 Å². The van der Waals surface area contributed by atoms with Gasteiger partial charge in [0.15, 0.2) is 9.84 Å². The molecule has 5 heteroatoms. The van der Waals surface area contributed by atoms with Crippen LogP contribution in [-0.2, 0) is 15.6 Å². The van der Waals surface area contributed by atoms with E-state index in [1.54, 1.807) is 30.3 Å². The molecule has 76 valence electrons. The first kappa shape index (κ1) is 11.2. The van der Waals surface area contributed by atoms with E-state index >= 15 is 0 Å². The molecule has 0 unspecified atom stereocenters. The van der Waals surface area contributed by atoms with Crippen LogP contribution in [0, 0.1) is 22.7 Å². The smallest absolute Gasteiger partial charge is 0.167 e. The van der Waals surface area contributed by atoms with Crippen LogP contribution in [0.15, 0.2) is 24.3 Å². The summed E-state index contributed by atoms with van der Waals surface area (Å²) >= 11 is 0. The first-order valence-corrected chi connectivity index (χ1v) is 5.96. The highest BCUT2D eigenvalue weighted by Gasteiger charge is 2.13. The quantitative estimate of drug-likeness (QED) is 0.760. The van der Waals surface area contributed by atoms with E-state index in [0.29, 0.717) is 11.1 Å². The summed E-state index contributed by atoms with van der Waals surface area (Å²) in [6.07, 6.45) is 0. The third-order valence-corrected chi connectivity index (χ3v) is 3.12. The molecular formula is C10H8N2O2S. The van der Waals surface area contributed by atoms with E-state index in [9.17, 15) is 8.42 Å². The molecule has 4 nitrogen and oxygen atoms in total. The first-order chi connectivity index (χ1) is 7.09. The van der Waals surface area contributed by atoms with Gasteiger partial charge in [-0.1, -0.05) is 18.2 Å². The molecule has 0 radical (unpaired) electrons. The van der Waals surface area contributed by atoms with Crippen LogP contribution in [0.4, 0.5) is 0 Å². The molecule has 0 aliphatic carbocycles. The van der Waals surface area contributed by atoms with Crippen molar-refractivity contribution >= 4 is 9.84 Å². The fourth-order valence-corrected chi connectivity index (χ4v) is 2.17. The Hall–Kier alpha value is -1.85. The van der Waals surface area contributed by atoms with Crippen LogP contribution in [0.2, 0.25) is 0 Å². The van der Waals surface area contributed by atoms with E-state index < -0.39 is 15.6 Å². The summed E-state index contributed by atoms with van der Waals surface area (Å²) in [5.74, 6) is -0.781. The number of nitrogens with zero attached hydrogens (tertiary/aromatic N) is 2. The maximum atomic E-state index is 11.3. The summed E-state index contributed by atoms with van der Waals surface area (Å²) in [5, 5.41) is 17.0. The lowest BCUT2D eigenvalue weighted by atomic mass is 10.1. The number of nitriles is 2. The highest BCUT2D eigenvalue weighted by molar-refractivity contribution is 7.90. The Morgan fingerprint density at radius 3 is 2.47 bits per heavy atom. The summed E-state index contributed by atoms with van der Waals surface area (Å²) in [7, 11) is -3.43. The van der Waals surface area contributed by atoms with Crippen molar-refractivity contribution in [3.63, 3.8) is 0 Å². The fraction of sp³-hybridized carbons (Fsp3) is 0.200. The number of benzene rings is 1. The fourth-order valence-electron chi connectivity index (χ4n) is 1.14. The molecule has 15 heavy (non-hydrogen) atoms. The monoisotopic (exact) mass is 220 g/mol. The van der Waals surface area contributed by atoms with Crippen molar-refractivity contribution in [3.8, 4) is 12.1 Å². The van der Waals surface area contributed by atoms with Gasteiger partial charge in [-0.2, -0.15) is 10.5 Å². The van der Waals surface area contributed by atoms with Crippen molar-refractivity contribution in [1.82, 2.24) is 0 Å². The molecule has 0 aromatic heterocycles. The van der Waals surface area contributed by atoms with Gasteiger partial charge in [0.25, 0.3) is 0 Å². The normalized spacial score (nSPS) is 10.3. The van der Waals surface area contributed by atoms with Gasteiger partial charge in [0.1, 0.15) is 5.75 Å². The zero-order valence-electron chi connectivity index (χ0n) is 7.84. The van der Waals surface area contributed by atoms with Gasteiger partial charge in [0.05, 0.1) is 23.5 Å². The average Bonchev–Trinajstić information content (AvgIpc) is 2.17. The Kier molecular flexibility index (Phi) is 3.43. The van der Waals surface area contributed by atoms with Crippen LogP contribution < -0.4 is 0 Å². The Morgan fingerprint density at radius 2 is 1.87 bits per heavy atom. The third-order valence-electron chi connectivity index (χ3n) is 1.80. The molecule has 0 N–H and O–H groups in total. The Balaban J connectivity index is 3.02. The molecular weight excluding hydrogens is 212 g/mol. The van der Waals surface area contributed by atoms with Gasteiger partial charge >= 0.3 is 0 Å². The minimum atomic E-state index is -3.43. The maximum Gasteiger partial charge on any atom is 0.167 e. The number of hydrogen-bond acceptors (Lipinski definition) is 4. The van der Waals surface area contributed by atoms with E-state index in [0.717, 1.165) is 0 Å². The largest absolute Gasteiger partial charge is 0.227 e. The minimum absolute atomic E-state index is 0.260. The van der Waals surface area contributed by atoms with Gasteiger partial charge in [-0.25, -0.2) is 8.42 Å². The summed E-state index contributed by atoms with van der Waals surface area (Å²) in [6, 6.07) is 9.97. The molecule has 1 rings (SSSR count). The van der Waals surface area contributed by atoms with E-state index in [1.807, 2.05) is 6.07 Å². The van der Waals surface area contributed by atoms with E-state index in [2.05, 4.69) is 0 Å². The number of sulfone groups is 1. The second kappa shape index (κ2) is 4.59. The van der Waals surface area contributed by atoms with Crippen LogP contribution >= 0.6 is 0 Å². The van der Waals surface area contributed by atoms with E-state index in [1.165, 1.54) is 0 Å². The van der Waals surface area contributed by atoms with Crippen LogP contribution in [0.25, 0.3) is 0 Å². The molecule has 0 heterocycles. The summed E-state index contributed by atoms with van der Waals surface area (Å²) in [4.78, 5) is 0. The van der Waals surface area contributed by atoms with Crippen LogP contribution in [0.1, 0.15) is 11.1 Å². The van der Waals surface area contributed by atoms with E-state index in [-0.39, 0.29) is 5.75 Å². The van der Waals surface area contributed by atoms with Crippen LogP contribution in [0.3, 0.4) is 0 Å². The van der Waals surface area contributed by atoms with Crippen molar-refractivity contribution in [2.45, 2.75) is 5.75 Å². The first-order valence-electron chi connectivity index (χ1n) is 4.14. The second-order valence-corrected chi connectivity index (χ2v) is 5.02. The molecule has 0 fully saturated rings. The standard InChI is InChI=1S/C10H8N2O2S/c11-5-6-15(13,14)8-10-4-2-1-3-9(10)7-12/h1-4H,6,8H2. The van der Waals surface area contributed by atoms with E-state index in [4.69, 9.17) is 10.5 Å². The SMILES string of the molecule is N#CCS(=O)(=O)Cc1ccccc1C#N. The Bertz CT molecular complexity index is 535. The predicted molar refractivity (Wildman–Crippen MR) is 54.3 cm³/mol. The summed E-state index contributed by atoms with van der Waals surface area (Å²) in [5.41, 5.74) is 0.772. The van der Waals surface area contributed by atoms with Crippen LogP contribution in [0.5, 0.6) is 0 Å². The second-order valence-electron chi connectivity index (χ2n) is 2.96. The molecule has 1 aromatic rings. The lowest BCUT2D eigenvalue weighted by molar-refractivity contribution is 0.598. The van der Waals surface area contributed by atoms with Gasteiger partial charge < -0.3 is 0 Å². The van der Waals surface area contributed by atoms with Gasteiger partial charge in [0, 0.05) is 0 Å². The predicted octanol–water partition coefficient (Wildman–Crippen LogP) is 0.997. The molecule has 0 saturated carbocycles. The molecule has 0 saturated heterocycles. The molecule has 0 spiro atoms. The van der Waals surface area contributed by atoms with Gasteiger partial charge in [-0.05, 0) is 11.6 Å². The van der Waals surface area contributed by atoms with Crippen LogP contribution in [-0.4, -0.2) is 14.2 Å². The summed E-state index contributed by atoms with van der Waals surface area (Å²) < 4.78 is 22.7. The average molecular weight is 220 g/mol. The molecule has 0 bridgehead atoms. The van der Waals surface area contributed by atoms with Gasteiger partial charge in [0.2, 0.25) is 0 Å². The zero-order chi connectivity index (χ0) is 11.3. The molecule has 1 aromatic carbocycles. The highest BCUT2D eigenvalue weighted by Crippen LogP contribution is 2.11. The third kappa shape index (κ3) is 3.08. The maximum absolute atomic E-state index is 11.3. The Morgan fingerprint density at radius 1 is 1.20 bits per heavy atom. The number of hydrogen-bond donors (Lipinski definition) is 0. The highest BCUT2D eigenvalue weighted by atomic mass is 32.2. The molecule has 0 aliphatic heterocycles. The van der Waals surface area contributed by atoms with Crippen molar-refractivity contribution in [1.29, 1.82) is 10.5 Å². The number of rotatable bonds is 3. The topological polar surface area (TPSA) is 81.7 Å². The zero-order valence-corrected chi connectivity index (χ0v) is 8.66. The van der Waals surface area contributed by atoms with Crippen molar-refractivity contribution in [2.24, 2.45) is 0 Å². The molecule has 0 atom stereocenters. The van der Waals surface area contributed by atoms with Crippen molar-refractivity contribution in [3.05, 3.63) is 35.4 Å². The lowest BCUT2D eigenvalue weighted by Crippen LogP contribution is -2.08. The van der Waals surface area contributed by atoms with Crippen molar-refractivity contribution < 1.29 is 8.42 Å². The molecule has 0 amide bonds. The molecule has 0 aliphatic rings. The van der Waals surface area contributed by atoms with Crippen molar-refractivity contribution in [2.75, 3.05) is 5.75 Å².